The van der Waals surface area contributed by atoms with Gasteiger partial charge in [0, 0.05) is 22.0 Å². The number of halogens is 1. The lowest BCUT2D eigenvalue weighted by Crippen LogP contribution is -1.95. The maximum atomic E-state index is 5.81. The molecule has 2 nitrogen and oxygen atoms in total. The number of hydrogen-bond acceptors (Lipinski definition) is 3. The highest BCUT2D eigenvalue weighted by Gasteiger charge is 2.06. The second-order valence-electron chi connectivity index (χ2n) is 3.40. The molecule has 4 heteroatoms. The molecule has 0 radical (unpaired) electrons. The fourth-order valence-electron chi connectivity index (χ4n) is 1.31. The van der Waals surface area contributed by atoms with Gasteiger partial charge in [-0.05, 0) is 25.5 Å². The van der Waals surface area contributed by atoms with Crippen LogP contribution in [0.5, 0.6) is 0 Å². The monoisotopic (exact) mass is 238 g/mol. The molecule has 0 aliphatic carbocycles. The van der Waals surface area contributed by atoms with Crippen LogP contribution in [0.4, 0.5) is 0 Å². The lowest BCUT2D eigenvalue weighted by atomic mass is 10.2. The Balaban J connectivity index is 2.45. The van der Waals surface area contributed by atoms with Crippen molar-refractivity contribution in [2.75, 3.05) is 0 Å². The SMILES string of the molecule is Cc1cc(-c2ncc(C)c(CCl)n2)cs1. The fraction of sp³-hybridized carbons (Fsp3) is 0.273. The zero-order valence-electron chi connectivity index (χ0n) is 8.62. The normalized spacial score (nSPS) is 10.6. The molecule has 0 spiro atoms. The van der Waals surface area contributed by atoms with Crippen molar-refractivity contribution in [3.8, 4) is 11.4 Å². The van der Waals surface area contributed by atoms with Gasteiger partial charge in [0.25, 0.3) is 0 Å². The van der Waals surface area contributed by atoms with Crippen LogP contribution in [0.3, 0.4) is 0 Å². The maximum Gasteiger partial charge on any atom is 0.160 e. The third-order valence-electron chi connectivity index (χ3n) is 2.19. The summed E-state index contributed by atoms with van der Waals surface area (Å²) in [6, 6.07) is 2.09. The minimum atomic E-state index is 0.435. The summed E-state index contributed by atoms with van der Waals surface area (Å²) in [5.74, 6) is 1.20. The van der Waals surface area contributed by atoms with Gasteiger partial charge in [0.05, 0.1) is 11.6 Å². The van der Waals surface area contributed by atoms with E-state index in [1.807, 2.05) is 13.1 Å². The molecule has 0 saturated carbocycles. The topological polar surface area (TPSA) is 25.8 Å². The third-order valence-corrected chi connectivity index (χ3v) is 3.31. The Morgan fingerprint density at radius 2 is 2.20 bits per heavy atom. The Labute approximate surface area is 98.0 Å². The Hall–Kier alpha value is -0.930. The lowest BCUT2D eigenvalue weighted by Gasteiger charge is -2.02. The Morgan fingerprint density at radius 1 is 1.40 bits per heavy atom. The Bertz CT molecular complexity index is 479. The molecule has 2 aromatic heterocycles. The summed E-state index contributed by atoms with van der Waals surface area (Å²) < 4.78 is 0. The van der Waals surface area contributed by atoms with Crippen molar-refractivity contribution in [3.05, 3.63) is 33.8 Å². The van der Waals surface area contributed by atoms with Crippen LogP contribution in [0.25, 0.3) is 11.4 Å². The van der Waals surface area contributed by atoms with Crippen LogP contribution < -0.4 is 0 Å². The summed E-state index contributed by atoms with van der Waals surface area (Å²) in [4.78, 5) is 10.0. The van der Waals surface area contributed by atoms with Crippen LogP contribution in [0.15, 0.2) is 17.6 Å². The minimum Gasteiger partial charge on any atom is -0.236 e. The van der Waals surface area contributed by atoms with Gasteiger partial charge < -0.3 is 0 Å². The summed E-state index contributed by atoms with van der Waals surface area (Å²) in [6.45, 7) is 4.05. The van der Waals surface area contributed by atoms with E-state index in [1.54, 1.807) is 11.3 Å². The van der Waals surface area contributed by atoms with Crippen LogP contribution in [-0.2, 0) is 5.88 Å². The van der Waals surface area contributed by atoms with Gasteiger partial charge in [0.1, 0.15) is 0 Å². The van der Waals surface area contributed by atoms with E-state index in [2.05, 4.69) is 28.3 Å². The Kier molecular flexibility index (Phi) is 3.03. The molecule has 0 atom stereocenters. The molecule has 2 aromatic rings. The molecule has 0 saturated heterocycles. The van der Waals surface area contributed by atoms with Crippen LogP contribution >= 0.6 is 22.9 Å². The van der Waals surface area contributed by atoms with E-state index < -0.39 is 0 Å². The average Bonchev–Trinajstić information content (AvgIpc) is 2.66. The summed E-state index contributed by atoms with van der Waals surface area (Å²) >= 11 is 7.51. The molecule has 0 aliphatic rings. The molecule has 15 heavy (non-hydrogen) atoms. The van der Waals surface area contributed by atoms with Gasteiger partial charge in [-0.3, -0.25) is 0 Å². The number of alkyl halides is 1. The summed E-state index contributed by atoms with van der Waals surface area (Å²) in [5.41, 5.74) is 3.02. The second-order valence-corrected chi connectivity index (χ2v) is 4.79. The van der Waals surface area contributed by atoms with Gasteiger partial charge in [-0.1, -0.05) is 0 Å². The van der Waals surface area contributed by atoms with Crippen LogP contribution in [-0.4, -0.2) is 9.97 Å². The highest BCUT2D eigenvalue weighted by molar-refractivity contribution is 7.10. The molecular weight excluding hydrogens is 228 g/mol. The fourth-order valence-corrected chi connectivity index (χ4v) is 2.26. The number of aromatic nitrogens is 2. The van der Waals surface area contributed by atoms with E-state index >= 15 is 0 Å². The van der Waals surface area contributed by atoms with Crippen molar-refractivity contribution in [1.29, 1.82) is 0 Å². The standard InChI is InChI=1S/C11H11ClN2S/c1-7-5-13-11(14-10(7)4-12)9-3-8(2)15-6-9/h3,5-6H,4H2,1-2H3. The molecule has 78 valence electrons. The molecule has 0 N–H and O–H groups in total. The molecule has 0 aliphatic heterocycles. The van der Waals surface area contributed by atoms with E-state index in [1.165, 1.54) is 4.88 Å². The first-order chi connectivity index (χ1) is 7.20. The third kappa shape index (κ3) is 2.19. The van der Waals surface area contributed by atoms with Crippen LogP contribution in [0.2, 0.25) is 0 Å². The highest BCUT2D eigenvalue weighted by atomic mass is 35.5. The van der Waals surface area contributed by atoms with E-state index in [-0.39, 0.29) is 0 Å². The first-order valence-corrected chi connectivity index (χ1v) is 6.06. The number of thiophene rings is 1. The van der Waals surface area contributed by atoms with Gasteiger partial charge in [-0.25, -0.2) is 9.97 Å². The van der Waals surface area contributed by atoms with E-state index in [4.69, 9.17) is 11.6 Å². The van der Waals surface area contributed by atoms with Crippen molar-refractivity contribution in [2.45, 2.75) is 19.7 Å². The minimum absolute atomic E-state index is 0.435. The van der Waals surface area contributed by atoms with Gasteiger partial charge in [-0.2, -0.15) is 0 Å². The molecule has 0 aromatic carbocycles. The molecule has 2 rings (SSSR count). The molecular formula is C11H11ClN2S. The van der Waals surface area contributed by atoms with E-state index in [0.717, 1.165) is 22.6 Å². The zero-order valence-corrected chi connectivity index (χ0v) is 10.2. The van der Waals surface area contributed by atoms with Crippen LogP contribution in [0, 0.1) is 13.8 Å². The quantitative estimate of drug-likeness (QED) is 0.748. The number of aryl methyl sites for hydroxylation is 2. The number of rotatable bonds is 2. The van der Waals surface area contributed by atoms with Crippen molar-refractivity contribution in [1.82, 2.24) is 9.97 Å². The van der Waals surface area contributed by atoms with Crippen molar-refractivity contribution in [3.63, 3.8) is 0 Å². The summed E-state index contributed by atoms with van der Waals surface area (Å²) in [7, 11) is 0. The van der Waals surface area contributed by atoms with Crippen molar-refractivity contribution in [2.24, 2.45) is 0 Å². The van der Waals surface area contributed by atoms with E-state index in [0.29, 0.717) is 5.88 Å². The van der Waals surface area contributed by atoms with Gasteiger partial charge in [0.2, 0.25) is 0 Å². The van der Waals surface area contributed by atoms with Gasteiger partial charge in [-0.15, -0.1) is 22.9 Å². The van der Waals surface area contributed by atoms with Gasteiger partial charge >= 0.3 is 0 Å². The molecule has 0 unspecified atom stereocenters. The first-order valence-electron chi connectivity index (χ1n) is 4.64. The zero-order chi connectivity index (χ0) is 10.8. The van der Waals surface area contributed by atoms with E-state index in [9.17, 15) is 0 Å². The predicted molar refractivity (Wildman–Crippen MR) is 64.4 cm³/mol. The van der Waals surface area contributed by atoms with Crippen LogP contribution in [0.1, 0.15) is 16.1 Å². The van der Waals surface area contributed by atoms with Gasteiger partial charge in [0.15, 0.2) is 5.82 Å². The highest BCUT2D eigenvalue weighted by Crippen LogP contribution is 2.22. The largest absolute Gasteiger partial charge is 0.236 e. The molecule has 0 fully saturated rings. The Morgan fingerprint density at radius 3 is 2.80 bits per heavy atom. The summed E-state index contributed by atoms with van der Waals surface area (Å²) in [6.07, 6.45) is 1.83. The number of hydrogen-bond donors (Lipinski definition) is 0. The average molecular weight is 239 g/mol. The summed E-state index contributed by atoms with van der Waals surface area (Å²) in [5, 5.41) is 2.07. The second kappa shape index (κ2) is 4.29. The first kappa shape index (κ1) is 10.6. The molecule has 2 heterocycles. The lowest BCUT2D eigenvalue weighted by molar-refractivity contribution is 1.06. The van der Waals surface area contributed by atoms with Crippen molar-refractivity contribution < 1.29 is 0 Å². The molecule has 0 bridgehead atoms. The number of nitrogens with zero attached hydrogens (tertiary/aromatic N) is 2. The molecule has 0 amide bonds. The predicted octanol–water partition coefficient (Wildman–Crippen LogP) is 3.56. The maximum absolute atomic E-state index is 5.81. The van der Waals surface area contributed by atoms with Crippen molar-refractivity contribution >= 4 is 22.9 Å². The smallest absolute Gasteiger partial charge is 0.160 e.